The largest absolute Gasteiger partial charge is 0.481 e. The summed E-state index contributed by atoms with van der Waals surface area (Å²) in [5.74, 6) is -1.49. The second kappa shape index (κ2) is 8.43. The molecule has 0 saturated heterocycles. The summed E-state index contributed by atoms with van der Waals surface area (Å²) < 4.78 is 0. The average molecular weight is 360 g/mol. The van der Waals surface area contributed by atoms with Gasteiger partial charge in [0.05, 0.1) is 11.3 Å². The van der Waals surface area contributed by atoms with E-state index in [2.05, 4.69) is 17.6 Å². The van der Waals surface area contributed by atoms with E-state index < -0.39 is 5.97 Å². The maximum absolute atomic E-state index is 12.3. The van der Waals surface area contributed by atoms with E-state index in [0.717, 1.165) is 12.0 Å². The number of aryl methyl sites for hydroxylation is 2. The molecule has 1 aromatic carbocycles. The van der Waals surface area contributed by atoms with E-state index in [9.17, 15) is 14.4 Å². The highest BCUT2D eigenvalue weighted by Crippen LogP contribution is 2.23. The van der Waals surface area contributed by atoms with Gasteiger partial charge < -0.3 is 15.7 Å². The molecule has 3 N–H and O–H groups in total. The van der Waals surface area contributed by atoms with Crippen molar-refractivity contribution in [3.05, 3.63) is 51.2 Å². The van der Waals surface area contributed by atoms with Gasteiger partial charge >= 0.3 is 5.97 Å². The van der Waals surface area contributed by atoms with Gasteiger partial charge in [-0.25, -0.2) is 0 Å². The van der Waals surface area contributed by atoms with Gasteiger partial charge in [-0.05, 0) is 49.2 Å². The van der Waals surface area contributed by atoms with Gasteiger partial charge in [-0.2, -0.15) is 0 Å². The first-order chi connectivity index (χ1) is 11.9. The Bertz CT molecular complexity index is 781. The van der Waals surface area contributed by atoms with E-state index in [4.69, 9.17) is 5.11 Å². The van der Waals surface area contributed by atoms with Crippen molar-refractivity contribution in [1.29, 1.82) is 0 Å². The summed E-state index contributed by atoms with van der Waals surface area (Å²) >= 11 is 1.48. The standard InChI is InChI=1S/C18H20N2O4S/c1-3-14-11(2)10-15(25-14)18(24)20-13-6-4-12(5-7-13)17(23)19-9-8-16(21)22/h4-7,10H,3,8-9H2,1-2H3,(H,19,23)(H,20,24)(H,21,22). The average Bonchev–Trinajstić information content (AvgIpc) is 2.96. The third-order valence-electron chi connectivity index (χ3n) is 3.59. The Kier molecular flexibility index (Phi) is 6.30. The zero-order valence-corrected chi connectivity index (χ0v) is 14.9. The molecule has 1 heterocycles. The number of hydrogen-bond donors (Lipinski definition) is 3. The van der Waals surface area contributed by atoms with Crippen LogP contribution in [-0.4, -0.2) is 29.4 Å². The summed E-state index contributed by atoms with van der Waals surface area (Å²) in [5, 5.41) is 13.9. The minimum atomic E-state index is -0.964. The maximum atomic E-state index is 12.3. The molecular formula is C18H20N2O4S. The third-order valence-corrected chi connectivity index (χ3v) is 4.98. The maximum Gasteiger partial charge on any atom is 0.305 e. The Labute approximate surface area is 149 Å². The van der Waals surface area contributed by atoms with E-state index in [1.165, 1.54) is 16.2 Å². The van der Waals surface area contributed by atoms with Gasteiger partial charge in [-0.1, -0.05) is 6.92 Å². The predicted molar refractivity (Wildman–Crippen MR) is 97.4 cm³/mol. The Hall–Kier alpha value is -2.67. The van der Waals surface area contributed by atoms with Crippen LogP contribution in [-0.2, 0) is 11.2 Å². The fourth-order valence-corrected chi connectivity index (χ4v) is 3.27. The van der Waals surface area contributed by atoms with Crippen LogP contribution in [0, 0.1) is 6.92 Å². The summed E-state index contributed by atoms with van der Waals surface area (Å²) in [7, 11) is 0. The molecule has 25 heavy (non-hydrogen) atoms. The minimum Gasteiger partial charge on any atom is -0.481 e. The molecule has 6 nitrogen and oxygen atoms in total. The molecule has 0 aliphatic rings. The zero-order valence-electron chi connectivity index (χ0n) is 14.1. The number of carboxylic acids is 1. The molecule has 0 bridgehead atoms. The molecule has 0 fully saturated rings. The molecule has 7 heteroatoms. The second-order valence-corrected chi connectivity index (χ2v) is 6.64. The summed E-state index contributed by atoms with van der Waals surface area (Å²) in [6, 6.07) is 8.34. The number of carbonyl (C=O) groups is 3. The van der Waals surface area contributed by atoms with Crippen molar-refractivity contribution >= 4 is 34.8 Å². The fourth-order valence-electron chi connectivity index (χ4n) is 2.27. The van der Waals surface area contributed by atoms with Crippen LogP contribution >= 0.6 is 11.3 Å². The van der Waals surface area contributed by atoms with Crippen LogP contribution in [0.1, 0.15) is 43.8 Å². The van der Waals surface area contributed by atoms with Gasteiger partial charge in [0.1, 0.15) is 0 Å². The Morgan fingerprint density at radius 3 is 2.36 bits per heavy atom. The van der Waals surface area contributed by atoms with E-state index >= 15 is 0 Å². The molecule has 2 amide bonds. The molecule has 0 aliphatic heterocycles. The minimum absolute atomic E-state index is 0.0736. The van der Waals surface area contributed by atoms with Gasteiger partial charge in [-0.3, -0.25) is 14.4 Å². The number of thiophene rings is 1. The highest BCUT2D eigenvalue weighted by atomic mass is 32.1. The lowest BCUT2D eigenvalue weighted by Crippen LogP contribution is -2.25. The smallest absolute Gasteiger partial charge is 0.305 e. The van der Waals surface area contributed by atoms with Gasteiger partial charge in [0.2, 0.25) is 0 Å². The summed E-state index contributed by atoms with van der Waals surface area (Å²) in [6.07, 6.45) is 0.773. The van der Waals surface area contributed by atoms with Crippen molar-refractivity contribution in [2.24, 2.45) is 0 Å². The molecule has 0 atom stereocenters. The number of carbonyl (C=O) groups excluding carboxylic acids is 2. The normalized spacial score (nSPS) is 10.3. The molecule has 0 aliphatic carbocycles. The molecule has 0 unspecified atom stereocenters. The highest BCUT2D eigenvalue weighted by molar-refractivity contribution is 7.14. The number of aliphatic carboxylic acids is 1. The molecule has 0 saturated carbocycles. The SMILES string of the molecule is CCc1sc(C(=O)Nc2ccc(C(=O)NCCC(=O)O)cc2)cc1C. The molecule has 0 spiro atoms. The second-order valence-electron chi connectivity index (χ2n) is 5.50. The molecule has 2 aromatic rings. The van der Waals surface area contributed by atoms with Crippen molar-refractivity contribution in [1.82, 2.24) is 5.32 Å². The van der Waals surface area contributed by atoms with Gasteiger partial charge in [0.15, 0.2) is 0 Å². The lowest BCUT2D eigenvalue weighted by atomic mass is 10.2. The molecule has 1 aromatic heterocycles. The predicted octanol–water partition coefficient (Wildman–Crippen LogP) is 3.08. The quantitative estimate of drug-likeness (QED) is 0.707. The Morgan fingerprint density at radius 1 is 1.12 bits per heavy atom. The van der Waals surface area contributed by atoms with Crippen LogP contribution in [0.2, 0.25) is 0 Å². The van der Waals surface area contributed by atoms with E-state index in [-0.39, 0.29) is 24.8 Å². The monoisotopic (exact) mass is 360 g/mol. The molecule has 132 valence electrons. The Balaban J connectivity index is 1.96. The highest BCUT2D eigenvalue weighted by Gasteiger charge is 2.12. The van der Waals surface area contributed by atoms with Crippen LogP contribution in [0.5, 0.6) is 0 Å². The first kappa shape index (κ1) is 18.7. The summed E-state index contributed by atoms with van der Waals surface area (Å²) in [6.45, 7) is 4.12. The number of nitrogens with one attached hydrogen (secondary N) is 2. The number of hydrogen-bond acceptors (Lipinski definition) is 4. The fraction of sp³-hybridized carbons (Fsp3) is 0.278. The zero-order chi connectivity index (χ0) is 18.4. The lowest BCUT2D eigenvalue weighted by molar-refractivity contribution is -0.136. The molecule has 0 radical (unpaired) electrons. The van der Waals surface area contributed by atoms with Crippen LogP contribution in [0.3, 0.4) is 0 Å². The van der Waals surface area contributed by atoms with E-state index in [1.54, 1.807) is 24.3 Å². The van der Waals surface area contributed by atoms with Gasteiger partial charge in [0.25, 0.3) is 11.8 Å². The number of amides is 2. The first-order valence-corrected chi connectivity index (χ1v) is 8.73. The van der Waals surface area contributed by atoms with E-state index in [1.807, 2.05) is 13.0 Å². The third kappa shape index (κ3) is 5.15. The van der Waals surface area contributed by atoms with E-state index in [0.29, 0.717) is 16.1 Å². The van der Waals surface area contributed by atoms with Crippen molar-refractivity contribution in [2.45, 2.75) is 26.7 Å². The first-order valence-electron chi connectivity index (χ1n) is 7.91. The number of carboxylic acid groups (broad SMARTS) is 1. The molecule has 2 rings (SSSR count). The van der Waals surface area contributed by atoms with Crippen LogP contribution < -0.4 is 10.6 Å². The van der Waals surface area contributed by atoms with Crippen molar-refractivity contribution in [3.8, 4) is 0 Å². The topological polar surface area (TPSA) is 95.5 Å². The Morgan fingerprint density at radius 2 is 1.80 bits per heavy atom. The van der Waals surface area contributed by atoms with Crippen molar-refractivity contribution in [3.63, 3.8) is 0 Å². The number of anilines is 1. The number of benzene rings is 1. The summed E-state index contributed by atoms with van der Waals surface area (Å²) in [5.41, 5.74) is 2.12. The lowest BCUT2D eigenvalue weighted by Gasteiger charge is -2.06. The van der Waals surface area contributed by atoms with Crippen LogP contribution in [0.4, 0.5) is 5.69 Å². The van der Waals surface area contributed by atoms with Crippen molar-refractivity contribution in [2.75, 3.05) is 11.9 Å². The summed E-state index contributed by atoms with van der Waals surface area (Å²) in [4.78, 5) is 36.4. The number of rotatable bonds is 7. The molecular weight excluding hydrogens is 340 g/mol. The van der Waals surface area contributed by atoms with Crippen molar-refractivity contribution < 1.29 is 19.5 Å². The van der Waals surface area contributed by atoms with Crippen LogP contribution in [0.15, 0.2) is 30.3 Å². The van der Waals surface area contributed by atoms with Gasteiger partial charge in [-0.15, -0.1) is 11.3 Å². The van der Waals surface area contributed by atoms with Crippen LogP contribution in [0.25, 0.3) is 0 Å². The van der Waals surface area contributed by atoms with Gasteiger partial charge in [0, 0.05) is 22.7 Å².